The summed E-state index contributed by atoms with van der Waals surface area (Å²) in [5, 5.41) is 46.3. The second-order valence-corrected chi connectivity index (χ2v) is 4.77. The van der Waals surface area contributed by atoms with Crippen molar-refractivity contribution in [1.82, 2.24) is 0 Å². The highest BCUT2D eigenvalue weighted by Gasteiger charge is 2.54. The van der Waals surface area contributed by atoms with Crippen LogP contribution in [0, 0.1) is 0 Å². The number of aliphatic hydroxyl groups excluding tert-OH is 5. The van der Waals surface area contributed by atoms with E-state index in [-0.39, 0.29) is 0 Å². The van der Waals surface area contributed by atoms with Crippen LogP contribution in [0.2, 0.25) is 0 Å². The van der Waals surface area contributed by atoms with Crippen molar-refractivity contribution in [2.75, 3.05) is 0 Å². The molecule has 0 aromatic carbocycles. The first-order valence-electron chi connectivity index (χ1n) is 4.31. The molecular weight excluding hydrogens is 247 g/mol. The van der Waals surface area contributed by atoms with Crippen LogP contribution in [0.4, 0.5) is 0 Å². The van der Waals surface area contributed by atoms with Gasteiger partial charge in [-0.2, -0.15) is 14.7 Å². The standard InChI is InChI=1S/C6H14O9P/c7-1-2(8)4(10)6(5(11)3(1)9)15-16(12,13)14/h1-14H/q+1/t1?,2-,3?,4?,5+,6?/m0/s1. The van der Waals surface area contributed by atoms with Crippen molar-refractivity contribution in [3.05, 3.63) is 0 Å². The van der Waals surface area contributed by atoms with Gasteiger partial charge in [-0.1, -0.05) is 0 Å². The Morgan fingerprint density at radius 2 is 0.938 bits per heavy atom. The first-order valence-corrected chi connectivity index (χ1v) is 5.87. The maximum Gasteiger partial charge on any atom is 0.567 e. The van der Waals surface area contributed by atoms with Gasteiger partial charge in [-0.05, 0) is 0 Å². The van der Waals surface area contributed by atoms with Crippen LogP contribution < -0.4 is 0 Å². The number of rotatable bonds is 2. The van der Waals surface area contributed by atoms with E-state index in [1.54, 1.807) is 0 Å². The molecule has 1 rings (SSSR count). The summed E-state index contributed by atoms with van der Waals surface area (Å²) >= 11 is 0. The molecule has 96 valence electrons. The van der Waals surface area contributed by atoms with Gasteiger partial charge in [-0.15, -0.1) is 4.52 Å². The molecule has 0 radical (unpaired) electrons. The van der Waals surface area contributed by atoms with Crippen LogP contribution in [0.15, 0.2) is 0 Å². The van der Waals surface area contributed by atoms with Crippen molar-refractivity contribution < 1.29 is 44.7 Å². The predicted molar refractivity (Wildman–Crippen MR) is 48.5 cm³/mol. The van der Waals surface area contributed by atoms with Crippen LogP contribution in [0.3, 0.4) is 0 Å². The molecule has 1 aliphatic rings. The van der Waals surface area contributed by atoms with Crippen molar-refractivity contribution in [1.29, 1.82) is 0 Å². The molecule has 1 saturated carbocycles. The Kier molecular flexibility index (Phi) is 4.19. The van der Waals surface area contributed by atoms with E-state index in [4.69, 9.17) is 19.8 Å². The second kappa shape index (κ2) is 4.75. The molecule has 0 saturated heterocycles. The number of hydrogen-bond acceptors (Lipinski definition) is 9. The zero-order chi connectivity index (χ0) is 12.7. The summed E-state index contributed by atoms with van der Waals surface area (Å²) in [5.74, 6) is 0. The third-order valence-electron chi connectivity index (χ3n) is 2.34. The maximum absolute atomic E-state index is 9.34. The van der Waals surface area contributed by atoms with Gasteiger partial charge < -0.3 is 25.5 Å². The van der Waals surface area contributed by atoms with Gasteiger partial charge in [0, 0.05) is 0 Å². The van der Waals surface area contributed by atoms with Crippen LogP contribution in [0.5, 0.6) is 0 Å². The van der Waals surface area contributed by atoms with Crippen molar-refractivity contribution in [3.8, 4) is 0 Å². The highest BCUT2D eigenvalue weighted by molar-refractivity contribution is 7.53. The molecule has 0 aromatic heterocycles. The van der Waals surface area contributed by atoms with Crippen LogP contribution in [-0.2, 0) is 4.52 Å². The summed E-state index contributed by atoms with van der Waals surface area (Å²) in [5.41, 5.74) is 0. The summed E-state index contributed by atoms with van der Waals surface area (Å²) < 4.78 is 4.14. The normalized spacial score (nSPS) is 45.8. The largest absolute Gasteiger partial charge is 0.567 e. The summed E-state index contributed by atoms with van der Waals surface area (Å²) in [6.07, 6.45) is -11.1. The average molecular weight is 261 g/mol. The molecule has 0 aromatic rings. The molecule has 0 aliphatic heterocycles. The van der Waals surface area contributed by atoms with Gasteiger partial charge in [-0.25, -0.2) is 0 Å². The van der Waals surface area contributed by atoms with E-state index in [1.165, 1.54) is 0 Å². The van der Waals surface area contributed by atoms with Gasteiger partial charge in [0.25, 0.3) is 0 Å². The summed E-state index contributed by atoms with van der Waals surface area (Å²) in [6, 6.07) is 0. The molecule has 0 heterocycles. The molecule has 1 fully saturated rings. The molecule has 0 spiro atoms. The Labute approximate surface area is 90.5 Å². The molecular formula is C6H14O9P+. The Morgan fingerprint density at radius 1 is 0.625 bits per heavy atom. The van der Waals surface area contributed by atoms with E-state index >= 15 is 0 Å². The Hall–Kier alpha value is 0.0700. The monoisotopic (exact) mass is 261 g/mol. The quantitative estimate of drug-likeness (QED) is 0.230. The summed E-state index contributed by atoms with van der Waals surface area (Å²) in [6.45, 7) is 0. The zero-order valence-electron chi connectivity index (χ0n) is 7.90. The van der Waals surface area contributed by atoms with Gasteiger partial charge in [-0.3, -0.25) is 0 Å². The summed E-state index contributed by atoms with van der Waals surface area (Å²) in [7, 11) is -4.76. The second-order valence-electron chi connectivity index (χ2n) is 3.54. The van der Waals surface area contributed by atoms with Gasteiger partial charge >= 0.3 is 8.17 Å². The van der Waals surface area contributed by atoms with Crippen LogP contribution >= 0.6 is 8.17 Å². The van der Waals surface area contributed by atoms with E-state index in [0.717, 1.165) is 0 Å². The topological polar surface area (TPSA) is 171 Å². The lowest BCUT2D eigenvalue weighted by molar-refractivity contribution is -0.221. The maximum atomic E-state index is 9.34. The fourth-order valence-corrected chi connectivity index (χ4v) is 2.06. The lowest BCUT2D eigenvalue weighted by atomic mass is 9.85. The third-order valence-corrected chi connectivity index (χ3v) is 2.86. The number of aliphatic hydroxyl groups is 5. The van der Waals surface area contributed by atoms with Gasteiger partial charge in [0.1, 0.15) is 30.5 Å². The van der Waals surface area contributed by atoms with E-state index in [2.05, 4.69) is 4.52 Å². The highest BCUT2D eigenvalue weighted by Crippen LogP contribution is 2.49. The Balaban J connectivity index is 2.83. The molecule has 8 N–H and O–H groups in total. The lowest BCUT2D eigenvalue weighted by Crippen LogP contribution is -2.64. The van der Waals surface area contributed by atoms with Crippen molar-refractivity contribution in [2.24, 2.45) is 0 Å². The van der Waals surface area contributed by atoms with Crippen LogP contribution in [0.25, 0.3) is 0 Å². The minimum absolute atomic E-state index is 1.81. The van der Waals surface area contributed by atoms with Gasteiger partial charge in [0.2, 0.25) is 0 Å². The minimum atomic E-state index is -4.76. The Bertz CT molecular complexity index is 227. The first-order chi connectivity index (χ1) is 7.15. The van der Waals surface area contributed by atoms with E-state index < -0.39 is 44.8 Å². The Morgan fingerprint density at radius 3 is 1.25 bits per heavy atom. The molecule has 0 bridgehead atoms. The molecule has 9 nitrogen and oxygen atoms in total. The van der Waals surface area contributed by atoms with Gasteiger partial charge in [0.05, 0.1) is 0 Å². The fourth-order valence-electron chi connectivity index (χ4n) is 1.48. The fraction of sp³-hybridized carbons (Fsp3) is 1.00. The predicted octanol–water partition coefficient (Wildman–Crippen LogP) is -4.16. The smallest absolute Gasteiger partial charge is 0.387 e. The van der Waals surface area contributed by atoms with E-state index in [9.17, 15) is 20.4 Å². The van der Waals surface area contributed by atoms with E-state index in [0.29, 0.717) is 0 Å². The van der Waals surface area contributed by atoms with E-state index in [1.807, 2.05) is 0 Å². The third kappa shape index (κ3) is 2.84. The minimum Gasteiger partial charge on any atom is -0.387 e. The highest BCUT2D eigenvalue weighted by atomic mass is 31.2. The molecule has 0 amide bonds. The van der Waals surface area contributed by atoms with Crippen molar-refractivity contribution in [2.45, 2.75) is 36.6 Å². The van der Waals surface area contributed by atoms with Crippen molar-refractivity contribution in [3.63, 3.8) is 0 Å². The molecule has 6 atom stereocenters. The van der Waals surface area contributed by atoms with Crippen LogP contribution in [-0.4, -0.2) is 76.8 Å². The lowest BCUT2D eigenvalue weighted by Gasteiger charge is -2.39. The summed E-state index contributed by atoms with van der Waals surface area (Å²) in [4.78, 5) is 25.8. The zero-order valence-corrected chi connectivity index (χ0v) is 8.79. The molecule has 16 heavy (non-hydrogen) atoms. The van der Waals surface area contributed by atoms with Gasteiger partial charge in [0.15, 0.2) is 6.10 Å². The van der Waals surface area contributed by atoms with Crippen molar-refractivity contribution >= 4 is 8.17 Å². The molecule has 1 aliphatic carbocycles. The first kappa shape index (κ1) is 14.1. The molecule has 10 heteroatoms. The molecule has 4 unspecified atom stereocenters. The average Bonchev–Trinajstić information content (AvgIpc) is 2.17. The number of hydrogen-bond donors (Lipinski definition) is 8. The van der Waals surface area contributed by atoms with Crippen LogP contribution in [0.1, 0.15) is 0 Å². The SMILES string of the molecule is OC1C(O)[C@@H](O)C(O[P+](O)(O)O)C(O)[C@H]1O.